The SMILES string of the molecule is O=C1C=CCC(OC(=O)c2ccccc2)CCC1. The smallest absolute Gasteiger partial charge is 0.338 e. The molecule has 0 radical (unpaired) electrons. The van der Waals surface area contributed by atoms with Gasteiger partial charge in [0.15, 0.2) is 5.78 Å². The van der Waals surface area contributed by atoms with Crippen LogP contribution in [0, 0.1) is 0 Å². The summed E-state index contributed by atoms with van der Waals surface area (Å²) in [5.74, 6) is -0.135. The zero-order valence-corrected chi connectivity index (χ0v) is 10.2. The minimum Gasteiger partial charge on any atom is -0.458 e. The summed E-state index contributed by atoms with van der Waals surface area (Å²) in [6.45, 7) is 0. The lowest BCUT2D eigenvalue weighted by Gasteiger charge is -2.17. The lowest BCUT2D eigenvalue weighted by Crippen LogP contribution is -2.19. The number of allylic oxidation sites excluding steroid dienone is 1. The highest BCUT2D eigenvalue weighted by molar-refractivity contribution is 5.90. The number of benzene rings is 1. The first-order chi connectivity index (χ1) is 8.75. The molecule has 1 unspecified atom stereocenters. The molecule has 0 N–H and O–H groups in total. The molecule has 1 aliphatic rings. The van der Waals surface area contributed by atoms with Gasteiger partial charge in [-0.05, 0) is 31.1 Å². The predicted molar refractivity (Wildman–Crippen MR) is 68.3 cm³/mol. The molecular formula is C15H16O3. The average Bonchev–Trinajstić information content (AvgIpc) is 2.37. The van der Waals surface area contributed by atoms with Gasteiger partial charge in [0.05, 0.1) is 5.56 Å². The first-order valence-corrected chi connectivity index (χ1v) is 6.21. The summed E-state index contributed by atoms with van der Waals surface area (Å²) in [5.41, 5.74) is 0.569. The van der Waals surface area contributed by atoms with E-state index in [4.69, 9.17) is 4.74 Å². The van der Waals surface area contributed by atoms with Gasteiger partial charge in [0.2, 0.25) is 0 Å². The number of rotatable bonds is 2. The zero-order chi connectivity index (χ0) is 12.8. The molecule has 0 amide bonds. The fraction of sp³-hybridized carbons (Fsp3) is 0.333. The van der Waals surface area contributed by atoms with E-state index in [1.165, 1.54) is 0 Å². The molecule has 94 valence electrons. The highest BCUT2D eigenvalue weighted by Gasteiger charge is 2.16. The van der Waals surface area contributed by atoms with Crippen LogP contribution >= 0.6 is 0 Å². The maximum atomic E-state index is 11.9. The van der Waals surface area contributed by atoms with Gasteiger partial charge in [0.25, 0.3) is 0 Å². The predicted octanol–water partition coefficient (Wildman–Crippen LogP) is 2.91. The Hall–Kier alpha value is -1.90. The summed E-state index contributed by atoms with van der Waals surface area (Å²) >= 11 is 0. The number of hydrogen-bond acceptors (Lipinski definition) is 3. The Morgan fingerprint density at radius 3 is 2.78 bits per heavy atom. The lowest BCUT2D eigenvalue weighted by molar-refractivity contribution is -0.114. The van der Waals surface area contributed by atoms with E-state index in [0.717, 1.165) is 12.8 Å². The van der Waals surface area contributed by atoms with Crippen LogP contribution in [0.5, 0.6) is 0 Å². The third-order valence-corrected chi connectivity index (χ3v) is 2.94. The van der Waals surface area contributed by atoms with Crippen LogP contribution in [0.2, 0.25) is 0 Å². The second kappa shape index (κ2) is 6.15. The van der Waals surface area contributed by atoms with E-state index in [1.807, 2.05) is 18.2 Å². The average molecular weight is 244 g/mol. The number of hydrogen-bond donors (Lipinski definition) is 0. The Balaban J connectivity index is 1.95. The highest BCUT2D eigenvalue weighted by Crippen LogP contribution is 2.15. The number of ketones is 1. The fourth-order valence-corrected chi connectivity index (χ4v) is 1.96. The van der Waals surface area contributed by atoms with Crippen LogP contribution in [0.4, 0.5) is 0 Å². The Kier molecular flexibility index (Phi) is 4.29. The van der Waals surface area contributed by atoms with Crippen LogP contribution in [-0.2, 0) is 9.53 Å². The quantitative estimate of drug-likeness (QED) is 0.751. The number of carbonyl (C=O) groups is 2. The van der Waals surface area contributed by atoms with Crippen LogP contribution in [0.1, 0.15) is 36.0 Å². The van der Waals surface area contributed by atoms with E-state index in [9.17, 15) is 9.59 Å². The van der Waals surface area contributed by atoms with Gasteiger partial charge >= 0.3 is 5.97 Å². The molecule has 0 saturated heterocycles. The molecule has 0 heterocycles. The van der Waals surface area contributed by atoms with E-state index in [1.54, 1.807) is 24.3 Å². The topological polar surface area (TPSA) is 43.4 Å². The molecule has 1 atom stereocenters. The standard InChI is InChI=1S/C15H16O3/c16-13-8-4-10-14(11-5-9-13)18-15(17)12-6-2-1-3-7-12/h1-4,6-8,14H,5,9-11H2. The van der Waals surface area contributed by atoms with Crippen molar-refractivity contribution in [1.82, 2.24) is 0 Å². The van der Waals surface area contributed by atoms with Crippen LogP contribution in [0.3, 0.4) is 0 Å². The molecule has 0 spiro atoms. The Labute approximate surface area is 106 Å². The summed E-state index contributed by atoms with van der Waals surface area (Å²) in [5, 5.41) is 0. The summed E-state index contributed by atoms with van der Waals surface area (Å²) in [6, 6.07) is 8.97. The van der Waals surface area contributed by atoms with E-state index in [0.29, 0.717) is 18.4 Å². The minimum absolute atomic E-state index is 0.123. The summed E-state index contributed by atoms with van der Waals surface area (Å²) in [4.78, 5) is 23.1. The minimum atomic E-state index is -0.291. The second-order valence-corrected chi connectivity index (χ2v) is 4.39. The van der Waals surface area contributed by atoms with Crippen LogP contribution in [-0.4, -0.2) is 17.9 Å². The van der Waals surface area contributed by atoms with Gasteiger partial charge in [-0.3, -0.25) is 4.79 Å². The van der Waals surface area contributed by atoms with E-state index < -0.39 is 0 Å². The van der Waals surface area contributed by atoms with E-state index in [2.05, 4.69) is 0 Å². The third-order valence-electron chi connectivity index (χ3n) is 2.94. The summed E-state index contributed by atoms with van der Waals surface area (Å²) in [6.07, 6.45) is 5.93. The molecule has 1 aromatic carbocycles. The molecule has 0 bridgehead atoms. The fourth-order valence-electron chi connectivity index (χ4n) is 1.96. The van der Waals surface area contributed by atoms with Gasteiger partial charge < -0.3 is 4.74 Å². The van der Waals surface area contributed by atoms with Gasteiger partial charge in [-0.1, -0.05) is 24.3 Å². The number of ether oxygens (including phenoxy) is 1. The van der Waals surface area contributed by atoms with Crippen LogP contribution in [0.25, 0.3) is 0 Å². The molecule has 0 aromatic heterocycles. The van der Waals surface area contributed by atoms with Crippen molar-refractivity contribution in [2.75, 3.05) is 0 Å². The van der Waals surface area contributed by atoms with E-state index >= 15 is 0 Å². The summed E-state index contributed by atoms with van der Waals surface area (Å²) < 4.78 is 5.45. The highest BCUT2D eigenvalue weighted by atomic mass is 16.5. The van der Waals surface area contributed by atoms with Crippen molar-refractivity contribution in [3.8, 4) is 0 Å². The Bertz CT molecular complexity index is 448. The van der Waals surface area contributed by atoms with Gasteiger partial charge in [-0.25, -0.2) is 4.79 Å². The molecule has 0 aliphatic heterocycles. The molecule has 0 fully saturated rings. The molecule has 1 aromatic rings. The molecule has 2 rings (SSSR count). The van der Waals surface area contributed by atoms with Gasteiger partial charge in [0.1, 0.15) is 6.10 Å². The van der Waals surface area contributed by atoms with Crippen LogP contribution < -0.4 is 0 Å². The van der Waals surface area contributed by atoms with Gasteiger partial charge in [-0.2, -0.15) is 0 Å². The molecule has 3 heteroatoms. The zero-order valence-electron chi connectivity index (χ0n) is 10.2. The Morgan fingerprint density at radius 1 is 1.22 bits per heavy atom. The van der Waals surface area contributed by atoms with Crippen molar-refractivity contribution in [3.63, 3.8) is 0 Å². The van der Waals surface area contributed by atoms with Crippen molar-refractivity contribution >= 4 is 11.8 Å². The van der Waals surface area contributed by atoms with Gasteiger partial charge in [-0.15, -0.1) is 0 Å². The molecule has 0 saturated carbocycles. The van der Waals surface area contributed by atoms with Gasteiger partial charge in [0, 0.05) is 12.8 Å². The van der Waals surface area contributed by atoms with Crippen molar-refractivity contribution in [2.45, 2.75) is 31.8 Å². The normalized spacial score (nSPS) is 20.0. The molecule has 3 nitrogen and oxygen atoms in total. The first kappa shape index (κ1) is 12.6. The summed E-state index contributed by atoms with van der Waals surface area (Å²) in [7, 11) is 0. The molecular weight excluding hydrogens is 228 g/mol. The maximum absolute atomic E-state index is 11.9. The molecule has 1 aliphatic carbocycles. The lowest BCUT2D eigenvalue weighted by atomic mass is 10.0. The maximum Gasteiger partial charge on any atom is 0.338 e. The van der Waals surface area contributed by atoms with Crippen LogP contribution in [0.15, 0.2) is 42.5 Å². The van der Waals surface area contributed by atoms with Crippen molar-refractivity contribution < 1.29 is 14.3 Å². The Morgan fingerprint density at radius 2 is 2.00 bits per heavy atom. The van der Waals surface area contributed by atoms with Crippen molar-refractivity contribution in [3.05, 3.63) is 48.0 Å². The molecule has 18 heavy (non-hydrogen) atoms. The van der Waals surface area contributed by atoms with Crippen molar-refractivity contribution in [2.24, 2.45) is 0 Å². The van der Waals surface area contributed by atoms with Crippen molar-refractivity contribution in [1.29, 1.82) is 0 Å². The first-order valence-electron chi connectivity index (χ1n) is 6.21. The van der Waals surface area contributed by atoms with E-state index in [-0.39, 0.29) is 17.9 Å². The monoisotopic (exact) mass is 244 g/mol. The second-order valence-electron chi connectivity index (χ2n) is 4.39. The largest absolute Gasteiger partial charge is 0.458 e. The number of esters is 1. The number of carbonyl (C=O) groups excluding carboxylic acids is 2. The third kappa shape index (κ3) is 3.55.